The summed E-state index contributed by atoms with van der Waals surface area (Å²) in [5.41, 5.74) is -0.764. The number of pyridine rings is 1. The van der Waals surface area contributed by atoms with Gasteiger partial charge in [-0.1, -0.05) is 6.07 Å². The Labute approximate surface area is 140 Å². The van der Waals surface area contributed by atoms with Crippen LogP contribution in [0.25, 0.3) is 26.9 Å². The highest BCUT2D eigenvalue weighted by molar-refractivity contribution is 7.17. The van der Waals surface area contributed by atoms with Crippen LogP contribution in [0.4, 0.5) is 13.2 Å². The van der Waals surface area contributed by atoms with Gasteiger partial charge in [-0.05, 0) is 24.3 Å². The summed E-state index contributed by atoms with van der Waals surface area (Å²) in [7, 11) is 0. The van der Waals surface area contributed by atoms with E-state index in [0.29, 0.717) is 22.0 Å². The van der Waals surface area contributed by atoms with Crippen LogP contribution in [0.3, 0.4) is 0 Å². The Balaban J connectivity index is 2.18. The molecule has 0 radical (unpaired) electrons. The molecule has 4 aromatic rings. The highest BCUT2D eigenvalue weighted by Gasteiger charge is 2.33. The lowest BCUT2D eigenvalue weighted by atomic mass is 10.2. The van der Waals surface area contributed by atoms with Crippen LogP contribution in [0.2, 0.25) is 0 Å². The van der Waals surface area contributed by atoms with E-state index in [-0.39, 0.29) is 11.0 Å². The van der Waals surface area contributed by atoms with Crippen molar-refractivity contribution in [1.29, 1.82) is 0 Å². The Kier molecular flexibility index (Phi) is 3.25. The molecule has 6 nitrogen and oxygen atoms in total. The van der Waals surface area contributed by atoms with Gasteiger partial charge in [-0.3, -0.25) is 9.78 Å². The summed E-state index contributed by atoms with van der Waals surface area (Å²) >= 11 is 1.23. The Morgan fingerprint density at radius 3 is 2.68 bits per heavy atom. The molecule has 4 rings (SSSR count). The zero-order valence-electron chi connectivity index (χ0n) is 12.2. The van der Waals surface area contributed by atoms with E-state index in [0.717, 1.165) is 10.6 Å². The second kappa shape index (κ2) is 5.24. The van der Waals surface area contributed by atoms with E-state index in [1.54, 1.807) is 23.7 Å². The molecule has 0 atom stereocenters. The monoisotopic (exact) mass is 364 g/mol. The number of alkyl halides is 3. The van der Waals surface area contributed by atoms with Crippen LogP contribution >= 0.6 is 11.3 Å². The lowest BCUT2D eigenvalue weighted by molar-refractivity contribution is -0.141. The van der Waals surface area contributed by atoms with Crippen molar-refractivity contribution < 1.29 is 13.2 Å². The van der Waals surface area contributed by atoms with Gasteiger partial charge in [0.1, 0.15) is 5.69 Å². The molecule has 0 aliphatic carbocycles. The van der Waals surface area contributed by atoms with Crippen molar-refractivity contribution in [3.05, 3.63) is 62.4 Å². The van der Waals surface area contributed by atoms with Gasteiger partial charge < -0.3 is 0 Å². The predicted molar refractivity (Wildman–Crippen MR) is 86.1 cm³/mol. The lowest BCUT2D eigenvalue weighted by Crippen LogP contribution is -2.30. The van der Waals surface area contributed by atoms with E-state index < -0.39 is 23.1 Å². The number of rotatable bonds is 1. The number of hydrogen-bond donors (Lipinski definition) is 1. The fraction of sp³-hybridized carbons (Fsp3) is 0.0667. The number of nitrogens with zero attached hydrogens (tertiary/aromatic N) is 3. The van der Waals surface area contributed by atoms with Gasteiger partial charge in [0.15, 0.2) is 5.65 Å². The molecule has 0 unspecified atom stereocenters. The van der Waals surface area contributed by atoms with Gasteiger partial charge in [0.05, 0.1) is 26.8 Å². The second-order valence-corrected chi connectivity index (χ2v) is 5.99. The van der Waals surface area contributed by atoms with Crippen LogP contribution in [0.15, 0.2) is 45.4 Å². The molecule has 0 fully saturated rings. The van der Waals surface area contributed by atoms with Crippen molar-refractivity contribution in [2.24, 2.45) is 0 Å². The molecule has 0 aliphatic heterocycles. The molecule has 126 valence electrons. The summed E-state index contributed by atoms with van der Waals surface area (Å²) in [5.74, 6) is 0. The van der Waals surface area contributed by atoms with Crippen molar-refractivity contribution in [1.82, 2.24) is 19.5 Å². The summed E-state index contributed by atoms with van der Waals surface area (Å²) in [6, 6.07) is 6.60. The molecule has 3 aromatic heterocycles. The highest BCUT2D eigenvalue weighted by atomic mass is 32.1. The van der Waals surface area contributed by atoms with Crippen LogP contribution in [-0.2, 0) is 6.18 Å². The zero-order valence-corrected chi connectivity index (χ0v) is 13.0. The minimum absolute atomic E-state index is 0.117. The average Bonchev–Trinajstić information content (AvgIpc) is 3.03. The molecule has 0 saturated carbocycles. The van der Waals surface area contributed by atoms with Crippen molar-refractivity contribution in [3.63, 3.8) is 0 Å². The van der Waals surface area contributed by atoms with Crippen molar-refractivity contribution in [3.8, 4) is 5.69 Å². The minimum atomic E-state index is -4.70. The Morgan fingerprint density at radius 1 is 1.12 bits per heavy atom. The Bertz CT molecular complexity index is 1240. The topological polar surface area (TPSA) is 80.6 Å². The molecule has 10 heteroatoms. The van der Waals surface area contributed by atoms with Gasteiger partial charge in [0.2, 0.25) is 0 Å². The molecule has 1 N–H and O–H groups in total. The van der Waals surface area contributed by atoms with Gasteiger partial charge in [0.25, 0.3) is 5.56 Å². The lowest BCUT2D eigenvalue weighted by Gasteiger charge is -2.11. The van der Waals surface area contributed by atoms with Crippen LogP contribution in [0.1, 0.15) is 5.69 Å². The van der Waals surface area contributed by atoms with Gasteiger partial charge in [-0.2, -0.15) is 13.2 Å². The Hall–Kier alpha value is -3.01. The number of H-pyrrole nitrogens is 1. The molecule has 25 heavy (non-hydrogen) atoms. The molecule has 0 amide bonds. The SMILES string of the molecule is O=c1[nH]c(=O)n(-c2cccc3ncsc23)c2nc(C(F)(F)F)ccc12. The zero-order chi connectivity index (χ0) is 17.8. The van der Waals surface area contributed by atoms with E-state index in [4.69, 9.17) is 0 Å². The number of aromatic nitrogens is 4. The standard InChI is InChI=1S/C15H7F3N4O2S/c16-15(17,18)10-5-4-7-12(20-10)22(14(24)21-13(7)23)9-3-1-2-8-11(9)25-6-19-8/h1-6H,(H,21,23,24). The summed E-state index contributed by atoms with van der Waals surface area (Å²) in [4.78, 5) is 34.1. The maximum Gasteiger partial charge on any atom is 0.433 e. The molecule has 0 aliphatic rings. The van der Waals surface area contributed by atoms with Crippen LogP contribution in [0.5, 0.6) is 0 Å². The average molecular weight is 364 g/mol. The van der Waals surface area contributed by atoms with E-state index in [2.05, 4.69) is 15.0 Å². The van der Waals surface area contributed by atoms with E-state index in [1.165, 1.54) is 11.3 Å². The number of benzene rings is 1. The normalized spacial score (nSPS) is 12.1. The molecule has 0 saturated heterocycles. The van der Waals surface area contributed by atoms with Gasteiger partial charge in [0, 0.05) is 0 Å². The number of halogens is 3. The fourth-order valence-corrected chi connectivity index (χ4v) is 3.33. The predicted octanol–water partition coefficient (Wildman–Crippen LogP) is 2.70. The minimum Gasteiger partial charge on any atom is -0.273 e. The molecule has 0 bridgehead atoms. The maximum atomic E-state index is 13.0. The number of aromatic amines is 1. The summed E-state index contributed by atoms with van der Waals surface area (Å²) in [6.07, 6.45) is -4.70. The molecule has 1 aromatic carbocycles. The first-order valence-corrected chi connectivity index (χ1v) is 7.80. The van der Waals surface area contributed by atoms with Gasteiger partial charge >= 0.3 is 11.9 Å². The van der Waals surface area contributed by atoms with Crippen molar-refractivity contribution in [2.45, 2.75) is 6.18 Å². The van der Waals surface area contributed by atoms with E-state index in [1.807, 2.05) is 0 Å². The summed E-state index contributed by atoms with van der Waals surface area (Å²) in [6.45, 7) is 0. The smallest absolute Gasteiger partial charge is 0.273 e. The number of nitrogens with one attached hydrogen (secondary N) is 1. The van der Waals surface area contributed by atoms with Crippen LogP contribution in [0, 0.1) is 0 Å². The van der Waals surface area contributed by atoms with Crippen LogP contribution < -0.4 is 11.2 Å². The first-order chi connectivity index (χ1) is 11.9. The number of thiazole rings is 1. The first kappa shape index (κ1) is 15.5. The highest BCUT2D eigenvalue weighted by Crippen LogP contribution is 2.30. The third-order valence-electron chi connectivity index (χ3n) is 3.62. The summed E-state index contributed by atoms with van der Waals surface area (Å²) < 4.78 is 40.6. The second-order valence-electron chi connectivity index (χ2n) is 5.14. The first-order valence-electron chi connectivity index (χ1n) is 6.92. The van der Waals surface area contributed by atoms with Gasteiger partial charge in [-0.25, -0.2) is 19.3 Å². The molecular formula is C15H7F3N4O2S. The number of hydrogen-bond acceptors (Lipinski definition) is 5. The van der Waals surface area contributed by atoms with E-state index >= 15 is 0 Å². The molecule has 3 heterocycles. The third-order valence-corrected chi connectivity index (χ3v) is 4.49. The molecular weight excluding hydrogens is 357 g/mol. The number of fused-ring (bicyclic) bond motifs is 2. The maximum absolute atomic E-state index is 13.0. The third kappa shape index (κ3) is 2.41. The summed E-state index contributed by atoms with van der Waals surface area (Å²) in [5, 5.41) is -0.117. The molecule has 0 spiro atoms. The Morgan fingerprint density at radius 2 is 1.92 bits per heavy atom. The van der Waals surface area contributed by atoms with Crippen molar-refractivity contribution >= 4 is 32.6 Å². The van der Waals surface area contributed by atoms with Crippen molar-refractivity contribution in [2.75, 3.05) is 0 Å². The van der Waals surface area contributed by atoms with Gasteiger partial charge in [-0.15, -0.1) is 11.3 Å². The van der Waals surface area contributed by atoms with E-state index in [9.17, 15) is 22.8 Å². The largest absolute Gasteiger partial charge is 0.433 e. The van der Waals surface area contributed by atoms with Crippen LogP contribution in [-0.4, -0.2) is 19.5 Å². The quantitative estimate of drug-likeness (QED) is 0.563. The fourth-order valence-electron chi connectivity index (χ4n) is 2.54.